The highest BCUT2D eigenvalue weighted by molar-refractivity contribution is 5.99. The van der Waals surface area contributed by atoms with Crippen molar-refractivity contribution in [3.05, 3.63) is 47.5 Å². The van der Waals surface area contributed by atoms with Crippen LogP contribution in [0.15, 0.2) is 30.6 Å². The molecule has 7 nitrogen and oxygen atoms in total. The molecule has 0 saturated carbocycles. The molecule has 0 spiro atoms. The van der Waals surface area contributed by atoms with Crippen LogP contribution in [0.4, 0.5) is 10.5 Å². The monoisotopic (exact) mass is 274 g/mol. The number of carboxylic acid groups (broad SMARTS) is 1. The Labute approximate surface area is 115 Å². The lowest BCUT2D eigenvalue weighted by Crippen LogP contribution is -2.28. The van der Waals surface area contributed by atoms with Crippen molar-refractivity contribution in [2.75, 3.05) is 5.32 Å². The van der Waals surface area contributed by atoms with Crippen LogP contribution in [-0.4, -0.2) is 27.1 Å². The number of nitrogens with one attached hydrogen (secondary N) is 3. The molecular formula is C13H14N4O3. The summed E-state index contributed by atoms with van der Waals surface area (Å²) in [6.07, 6.45) is 3.26. The molecule has 2 heterocycles. The number of hydrogen-bond donors (Lipinski definition) is 4. The molecule has 104 valence electrons. The Morgan fingerprint density at radius 3 is 2.70 bits per heavy atom. The molecule has 0 atom stereocenters. The number of aryl methyl sites for hydroxylation is 1. The topological polar surface area (TPSA) is 107 Å². The van der Waals surface area contributed by atoms with E-state index in [-0.39, 0.29) is 11.4 Å². The van der Waals surface area contributed by atoms with Gasteiger partial charge in [0.2, 0.25) is 0 Å². The number of anilines is 1. The van der Waals surface area contributed by atoms with Crippen LogP contribution >= 0.6 is 0 Å². The number of aromatic nitrogens is 2. The number of pyridine rings is 1. The van der Waals surface area contributed by atoms with Crippen molar-refractivity contribution < 1.29 is 14.7 Å². The number of aromatic carboxylic acids is 1. The smallest absolute Gasteiger partial charge is 0.354 e. The molecule has 0 radical (unpaired) electrons. The first-order chi connectivity index (χ1) is 9.56. The zero-order chi connectivity index (χ0) is 14.5. The number of carboxylic acids is 1. The number of carbonyl (C=O) groups excluding carboxylic acids is 1. The summed E-state index contributed by atoms with van der Waals surface area (Å²) < 4.78 is 0. The van der Waals surface area contributed by atoms with Gasteiger partial charge < -0.3 is 20.7 Å². The van der Waals surface area contributed by atoms with Crippen LogP contribution in [0, 0.1) is 6.92 Å². The summed E-state index contributed by atoms with van der Waals surface area (Å²) in [6.45, 7) is 2.05. The Kier molecular flexibility index (Phi) is 3.99. The maximum Gasteiger partial charge on any atom is 0.354 e. The van der Waals surface area contributed by atoms with Crippen LogP contribution in [-0.2, 0) is 6.54 Å². The van der Waals surface area contributed by atoms with E-state index in [0.717, 1.165) is 5.56 Å². The summed E-state index contributed by atoms with van der Waals surface area (Å²) in [5, 5.41) is 14.1. The Morgan fingerprint density at radius 2 is 2.05 bits per heavy atom. The average molecular weight is 274 g/mol. The van der Waals surface area contributed by atoms with Crippen LogP contribution in [0.3, 0.4) is 0 Å². The van der Waals surface area contributed by atoms with Gasteiger partial charge in [0.05, 0.1) is 5.69 Å². The normalized spacial score (nSPS) is 10.1. The van der Waals surface area contributed by atoms with Crippen molar-refractivity contribution in [2.45, 2.75) is 13.5 Å². The molecule has 7 heteroatoms. The van der Waals surface area contributed by atoms with Gasteiger partial charge in [0.15, 0.2) is 0 Å². The predicted octanol–water partition coefficient (Wildman–Crippen LogP) is 1.74. The van der Waals surface area contributed by atoms with E-state index in [9.17, 15) is 9.59 Å². The second-order valence-corrected chi connectivity index (χ2v) is 4.21. The summed E-state index contributed by atoms with van der Waals surface area (Å²) in [4.78, 5) is 29.3. The fourth-order valence-electron chi connectivity index (χ4n) is 1.71. The molecule has 0 fully saturated rings. The standard InChI is InChI=1S/C13H14N4O3/c1-8-6-10(11(16-8)12(18)19)17-13(20)15-7-9-2-4-14-5-3-9/h2-6,16H,7H2,1H3,(H,18,19)(H2,15,17,20). The number of amides is 2. The highest BCUT2D eigenvalue weighted by Gasteiger charge is 2.15. The summed E-state index contributed by atoms with van der Waals surface area (Å²) in [5.41, 5.74) is 1.76. The van der Waals surface area contributed by atoms with Crippen molar-refractivity contribution in [1.29, 1.82) is 0 Å². The molecule has 0 aliphatic heterocycles. The van der Waals surface area contributed by atoms with Crippen molar-refractivity contribution in [2.24, 2.45) is 0 Å². The second-order valence-electron chi connectivity index (χ2n) is 4.21. The maximum absolute atomic E-state index is 11.7. The van der Waals surface area contributed by atoms with Gasteiger partial charge in [-0.25, -0.2) is 9.59 Å². The van der Waals surface area contributed by atoms with E-state index in [1.165, 1.54) is 0 Å². The predicted molar refractivity (Wildman–Crippen MR) is 72.6 cm³/mol. The second kappa shape index (κ2) is 5.87. The minimum atomic E-state index is -1.12. The summed E-state index contributed by atoms with van der Waals surface area (Å²) in [7, 11) is 0. The van der Waals surface area contributed by atoms with E-state index >= 15 is 0 Å². The van der Waals surface area contributed by atoms with Crippen LogP contribution in [0.5, 0.6) is 0 Å². The number of aromatic amines is 1. The van der Waals surface area contributed by atoms with Gasteiger partial charge in [-0.3, -0.25) is 4.98 Å². The lowest BCUT2D eigenvalue weighted by molar-refractivity contribution is 0.0692. The van der Waals surface area contributed by atoms with Gasteiger partial charge in [0.1, 0.15) is 5.69 Å². The van der Waals surface area contributed by atoms with Crippen molar-refractivity contribution in [3.8, 4) is 0 Å². The molecule has 0 unspecified atom stereocenters. The van der Waals surface area contributed by atoms with Crippen molar-refractivity contribution in [1.82, 2.24) is 15.3 Å². The molecule has 0 aliphatic rings. The molecule has 0 aliphatic carbocycles. The number of H-pyrrole nitrogens is 1. The van der Waals surface area contributed by atoms with Gasteiger partial charge in [-0.2, -0.15) is 0 Å². The first-order valence-electron chi connectivity index (χ1n) is 5.93. The Balaban J connectivity index is 1.96. The molecular weight excluding hydrogens is 260 g/mol. The minimum Gasteiger partial charge on any atom is -0.477 e. The first kappa shape index (κ1) is 13.6. The summed E-state index contributed by atoms with van der Waals surface area (Å²) in [5.74, 6) is -1.12. The van der Waals surface area contributed by atoms with Gasteiger partial charge in [0.25, 0.3) is 0 Å². The number of hydrogen-bond acceptors (Lipinski definition) is 3. The number of nitrogens with zero attached hydrogens (tertiary/aromatic N) is 1. The molecule has 4 N–H and O–H groups in total. The molecule has 2 aromatic rings. The third-order valence-electron chi connectivity index (χ3n) is 2.62. The minimum absolute atomic E-state index is 0.0402. The molecule has 0 bridgehead atoms. The SMILES string of the molecule is Cc1cc(NC(=O)NCc2ccncc2)c(C(=O)O)[nH]1. The highest BCUT2D eigenvalue weighted by Crippen LogP contribution is 2.16. The Morgan fingerprint density at radius 1 is 1.35 bits per heavy atom. The number of rotatable bonds is 4. The quantitative estimate of drug-likeness (QED) is 0.681. The van der Waals surface area contributed by atoms with Crippen molar-refractivity contribution in [3.63, 3.8) is 0 Å². The molecule has 20 heavy (non-hydrogen) atoms. The van der Waals surface area contributed by atoms with E-state index < -0.39 is 12.0 Å². The lowest BCUT2D eigenvalue weighted by Gasteiger charge is -2.07. The van der Waals surface area contributed by atoms with Gasteiger partial charge in [0, 0.05) is 24.6 Å². The fourth-order valence-corrected chi connectivity index (χ4v) is 1.71. The van der Waals surface area contributed by atoms with Crippen LogP contribution < -0.4 is 10.6 Å². The Bertz CT molecular complexity index is 622. The largest absolute Gasteiger partial charge is 0.477 e. The molecule has 2 amide bonds. The van der Waals surface area contributed by atoms with Crippen LogP contribution in [0.1, 0.15) is 21.7 Å². The molecule has 2 rings (SSSR count). The van der Waals surface area contributed by atoms with Gasteiger partial charge in [-0.1, -0.05) is 0 Å². The summed E-state index contributed by atoms with van der Waals surface area (Å²) >= 11 is 0. The zero-order valence-corrected chi connectivity index (χ0v) is 10.8. The summed E-state index contributed by atoms with van der Waals surface area (Å²) in [6, 6.07) is 4.66. The third-order valence-corrected chi connectivity index (χ3v) is 2.62. The first-order valence-corrected chi connectivity index (χ1v) is 5.93. The highest BCUT2D eigenvalue weighted by atomic mass is 16.4. The van der Waals surface area contributed by atoms with Crippen LogP contribution in [0.25, 0.3) is 0 Å². The zero-order valence-electron chi connectivity index (χ0n) is 10.8. The van der Waals surface area contributed by atoms with Gasteiger partial charge >= 0.3 is 12.0 Å². The Hall–Kier alpha value is -2.83. The van der Waals surface area contributed by atoms with E-state index in [1.807, 2.05) is 0 Å². The molecule has 0 aromatic carbocycles. The third kappa shape index (κ3) is 3.35. The number of urea groups is 1. The average Bonchev–Trinajstić information content (AvgIpc) is 2.79. The molecule has 0 saturated heterocycles. The van der Waals surface area contributed by atoms with Crippen LogP contribution in [0.2, 0.25) is 0 Å². The van der Waals surface area contributed by atoms with E-state index in [4.69, 9.17) is 5.11 Å². The fraction of sp³-hybridized carbons (Fsp3) is 0.154. The van der Waals surface area contributed by atoms with Gasteiger partial charge in [-0.15, -0.1) is 0 Å². The van der Waals surface area contributed by atoms with E-state index in [2.05, 4.69) is 20.6 Å². The van der Waals surface area contributed by atoms with E-state index in [1.54, 1.807) is 37.5 Å². The molecule has 2 aromatic heterocycles. The van der Waals surface area contributed by atoms with Crippen molar-refractivity contribution >= 4 is 17.7 Å². The number of carbonyl (C=O) groups is 2. The maximum atomic E-state index is 11.7. The van der Waals surface area contributed by atoms with Gasteiger partial charge in [-0.05, 0) is 30.7 Å². The lowest BCUT2D eigenvalue weighted by atomic mass is 10.3. The van der Waals surface area contributed by atoms with E-state index in [0.29, 0.717) is 12.2 Å².